The topological polar surface area (TPSA) is 131 Å². The summed E-state index contributed by atoms with van der Waals surface area (Å²) < 4.78 is 6.49. The molecule has 11 heteroatoms. The van der Waals surface area contributed by atoms with Crippen molar-refractivity contribution in [2.75, 3.05) is 43.5 Å². The van der Waals surface area contributed by atoms with Gasteiger partial charge in [-0.2, -0.15) is 0 Å². The Morgan fingerprint density at radius 2 is 1.93 bits per heavy atom. The molecule has 2 aliphatic rings. The summed E-state index contributed by atoms with van der Waals surface area (Å²) in [7, 11) is 0. The Morgan fingerprint density at radius 3 is 2.66 bits per heavy atom. The highest BCUT2D eigenvalue weighted by molar-refractivity contribution is 7.19. The van der Waals surface area contributed by atoms with Gasteiger partial charge in [-0.1, -0.05) is 0 Å². The van der Waals surface area contributed by atoms with Gasteiger partial charge in [0.2, 0.25) is 5.95 Å². The van der Waals surface area contributed by atoms with Crippen LogP contribution in [0.2, 0.25) is 0 Å². The predicted molar refractivity (Wildman–Crippen MR) is 108 cm³/mol. The predicted octanol–water partition coefficient (Wildman–Crippen LogP) is 1.60. The average Bonchev–Trinajstić information content (AvgIpc) is 3.12. The number of carbonyl (C=O) groups is 1. The van der Waals surface area contributed by atoms with Crippen molar-refractivity contribution in [2.24, 2.45) is 0 Å². The number of thiophene rings is 1. The van der Waals surface area contributed by atoms with Gasteiger partial charge < -0.3 is 25.4 Å². The van der Waals surface area contributed by atoms with Gasteiger partial charge in [0.1, 0.15) is 0 Å². The molecule has 1 amide bonds. The fraction of sp³-hybridized carbons (Fsp3) is 0.389. The number of hydrogen-bond donors (Lipinski definition) is 2. The number of hydrogen-bond acceptors (Lipinski definition) is 9. The number of aromatic nitrogens is 4. The number of nitrogen functional groups attached to an aromatic ring is 1. The summed E-state index contributed by atoms with van der Waals surface area (Å²) in [6.07, 6.45) is 2.99. The van der Waals surface area contributed by atoms with Crippen LogP contribution >= 0.6 is 11.3 Å². The molecule has 0 aromatic carbocycles. The van der Waals surface area contributed by atoms with Gasteiger partial charge in [-0.3, -0.25) is 0 Å². The molecule has 29 heavy (non-hydrogen) atoms. The molecule has 0 unspecified atom stereocenters. The molecule has 150 valence electrons. The van der Waals surface area contributed by atoms with Gasteiger partial charge in [-0.05, 0) is 6.42 Å². The number of ether oxygens (including phenoxy) is 1. The molecule has 0 spiro atoms. The van der Waals surface area contributed by atoms with Crippen LogP contribution in [-0.2, 0) is 17.7 Å². The zero-order valence-corrected chi connectivity index (χ0v) is 16.4. The molecular formula is C18H19N7O3S. The van der Waals surface area contributed by atoms with E-state index >= 15 is 0 Å². The molecule has 0 radical (unpaired) electrons. The van der Waals surface area contributed by atoms with Crippen LogP contribution in [0.3, 0.4) is 0 Å². The Balaban J connectivity index is 1.69. The first-order chi connectivity index (χ1) is 14.1. The number of amides is 1. The van der Waals surface area contributed by atoms with Crippen LogP contribution in [0, 0.1) is 0 Å². The van der Waals surface area contributed by atoms with Crippen LogP contribution < -0.4 is 10.6 Å². The summed E-state index contributed by atoms with van der Waals surface area (Å²) in [4.78, 5) is 34.1. The van der Waals surface area contributed by atoms with E-state index in [4.69, 9.17) is 20.4 Å². The van der Waals surface area contributed by atoms with Crippen molar-refractivity contribution in [2.45, 2.75) is 13.0 Å². The van der Waals surface area contributed by atoms with Crippen molar-refractivity contribution in [1.82, 2.24) is 24.8 Å². The first-order valence-corrected chi connectivity index (χ1v) is 10.1. The maximum atomic E-state index is 11.5. The lowest BCUT2D eigenvalue weighted by Gasteiger charge is -2.28. The van der Waals surface area contributed by atoms with E-state index < -0.39 is 6.09 Å². The molecule has 3 aromatic rings. The summed E-state index contributed by atoms with van der Waals surface area (Å²) in [5.41, 5.74) is 8.05. The van der Waals surface area contributed by atoms with Crippen molar-refractivity contribution in [1.29, 1.82) is 0 Å². The third kappa shape index (κ3) is 3.21. The minimum absolute atomic E-state index is 0.188. The molecule has 3 N–H and O–H groups in total. The summed E-state index contributed by atoms with van der Waals surface area (Å²) in [6.45, 7) is 3.60. The van der Waals surface area contributed by atoms with E-state index in [1.165, 1.54) is 9.78 Å². The molecule has 1 saturated heterocycles. The number of morpholine rings is 1. The van der Waals surface area contributed by atoms with Gasteiger partial charge in [0.05, 0.1) is 35.5 Å². The molecule has 10 nitrogen and oxygen atoms in total. The van der Waals surface area contributed by atoms with Crippen LogP contribution in [0.1, 0.15) is 10.4 Å². The standard InChI is InChI=1S/C18H19N7O3S/c19-17-20-7-10(8-21-17)15-22-13-11-9-25(18(26)27)2-1-12(11)29-14(13)16(23-15)24-3-5-28-6-4-24/h7-8H,1-6,9H2,(H,26,27)(H2,19,20,21). The van der Waals surface area contributed by atoms with Gasteiger partial charge >= 0.3 is 6.09 Å². The third-order valence-electron chi connectivity index (χ3n) is 5.16. The smallest absolute Gasteiger partial charge is 0.407 e. The summed E-state index contributed by atoms with van der Waals surface area (Å²) in [6, 6.07) is 0. The molecule has 0 saturated carbocycles. The van der Waals surface area contributed by atoms with Crippen LogP contribution in [0.5, 0.6) is 0 Å². The van der Waals surface area contributed by atoms with Crippen LogP contribution in [-0.4, -0.2) is 68.9 Å². The molecule has 0 bridgehead atoms. The van der Waals surface area contributed by atoms with E-state index in [0.717, 1.165) is 34.7 Å². The molecule has 5 heterocycles. The number of fused-ring (bicyclic) bond motifs is 3. The number of anilines is 2. The van der Waals surface area contributed by atoms with Crippen LogP contribution in [0.15, 0.2) is 12.4 Å². The van der Waals surface area contributed by atoms with Gasteiger partial charge in [0.25, 0.3) is 0 Å². The van der Waals surface area contributed by atoms with E-state index in [2.05, 4.69) is 14.9 Å². The highest BCUT2D eigenvalue weighted by Gasteiger charge is 2.28. The Kier molecular flexibility index (Phi) is 4.40. The summed E-state index contributed by atoms with van der Waals surface area (Å²) in [5, 5.41) is 9.44. The maximum Gasteiger partial charge on any atom is 0.407 e. The SMILES string of the molecule is Nc1ncc(-c2nc(N3CCOCC3)c3sc4c(c3n2)CN(C(=O)O)CC4)cn1. The quantitative estimate of drug-likeness (QED) is 0.643. The largest absolute Gasteiger partial charge is 0.465 e. The normalized spacial score (nSPS) is 16.8. The van der Waals surface area contributed by atoms with E-state index in [1.54, 1.807) is 23.7 Å². The first-order valence-electron chi connectivity index (χ1n) is 9.31. The van der Waals surface area contributed by atoms with Crippen molar-refractivity contribution >= 4 is 39.4 Å². The zero-order valence-electron chi connectivity index (χ0n) is 15.5. The summed E-state index contributed by atoms with van der Waals surface area (Å²) in [5.74, 6) is 1.55. The number of carboxylic acid groups (broad SMARTS) is 1. The second kappa shape index (κ2) is 7.08. The number of rotatable bonds is 2. The lowest BCUT2D eigenvalue weighted by atomic mass is 10.1. The minimum atomic E-state index is -0.912. The van der Waals surface area contributed by atoms with Gasteiger partial charge in [0, 0.05) is 42.5 Å². The second-order valence-corrected chi connectivity index (χ2v) is 8.04. The van der Waals surface area contributed by atoms with Crippen molar-refractivity contribution in [3.8, 4) is 11.4 Å². The second-order valence-electron chi connectivity index (χ2n) is 6.94. The van der Waals surface area contributed by atoms with Crippen molar-refractivity contribution < 1.29 is 14.6 Å². The highest BCUT2D eigenvalue weighted by Crippen LogP contribution is 2.40. The van der Waals surface area contributed by atoms with E-state index in [9.17, 15) is 9.90 Å². The molecule has 2 aliphatic heterocycles. The van der Waals surface area contributed by atoms with Crippen LogP contribution in [0.25, 0.3) is 21.6 Å². The van der Waals surface area contributed by atoms with Gasteiger partial charge in [-0.25, -0.2) is 24.7 Å². The Hall–Kier alpha value is -3.05. The highest BCUT2D eigenvalue weighted by atomic mass is 32.1. The summed E-state index contributed by atoms with van der Waals surface area (Å²) >= 11 is 1.66. The minimum Gasteiger partial charge on any atom is -0.465 e. The van der Waals surface area contributed by atoms with Crippen molar-refractivity contribution in [3.05, 3.63) is 22.8 Å². The third-order valence-corrected chi connectivity index (χ3v) is 6.44. The molecular weight excluding hydrogens is 394 g/mol. The zero-order chi connectivity index (χ0) is 20.0. The van der Waals surface area contributed by atoms with Gasteiger partial charge in [-0.15, -0.1) is 11.3 Å². The van der Waals surface area contributed by atoms with E-state index in [1.807, 2.05) is 0 Å². The number of nitrogens with two attached hydrogens (primary N) is 1. The Bertz CT molecular complexity index is 1080. The lowest BCUT2D eigenvalue weighted by molar-refractivity contribution is 0.122. The molecule has 3 aromatic heterocycles. The molecule has 1 fully saturated rings. The Labute approximate surface area is 170 Å². The monoisotopic (exact) mass is 413 g/mol. The van der Waals surface area contributed by atoms with Gasteiger partial charge in [0.15, 0.2) is 11.6 Å². The van der Waals surface area contributed by atoms with E-state index in [0.29, 0.717) is 44.1 Å². The Morgan fingerprint density at radius 1 is 1.17 bits per heavy atom. The fourth-order valence-electron chi connectivity index (χ4n) is 3.66. The molecule has 5 rings (SSSR count). The lowest BCUT2D eigenvalue weighted by Crippen LogP contribution is -2.37. The number of nitrogens with zero attached hydrogens (tertiary/aromatic N) is 6. The maximum absolute atomic E-state index is 11.5. The fourth-order valence-corrected chi connectivity index (χ4v) is 4.92. The average molecular weight is 413 g/mol. The van der Waals surface area contributed by atoms with Crippen molar-refractivity contribution in [3.63, 3.8) is 0 Å². The molecule has 0 atom stereocenters. The van der Waals surface area contributed by atoms with E-state index in [-0.39, 0.29) is 5.95 Å². The van der Waals surface area contributed by atoms with Crippen LogP contribution in [0.4, 0.5) is 16.6 Å². The first kappa shape index (κ1) is 18.0. The molecule has 0 aliphatic carbocycles.